The van der Waals surface area contributed by atoms with Crippen molar-refractivity contribution in [2.24, 2.45) is 0 Å². The van der Waals surface area contributed by atoms with E-state index in [-0.39, 0.29) is 23.4 Å². The number of phenolic OH excluding ortho intramolecular Hbond substituents is 1. The molecule has 1 amide bonds. The van der Waals surface area contributed by atoms with Gasteiger partial charge < -0.3 is 19.3 Å². The Hall–Kier alpha value is -2.53. The second-order valence-electron chi connectivity index (χ2n) is 8.04. The molecule has 1 saturated heterocycles. The van der Waals surface area contributed by atoms with Crippen LogP contribution in [0.15, 0.2) is 47.3 Å². The Morgan fingerprint density at radius 3 is 2.96 bits per heavy atom. The molecule has 2 heterocycles. The lowest BCUT2D eigenvalue weighted by molar-refractivity contribution is -0.132. The molecule has 1 aliphatic carbocycles. The number of hydrogen-bond acceptors (Lipinski definition) is 4. The molecule has 1 unspecified atom stereocenters. The van der Waals surface area contributed by atoms with Crippen molar-refractivity contribution in [3.8, 4) is 5.75 Å². The number of piperidine rings is 1. The normalized spacial score (nSPS) is 27.5. The summed E-state index contributed by atoms with van der Waals surface area (Å²) in [4.78, 5) is 17.2. The largest absolute Gasteiger partial charge is 0.508 e. The van der Waals surface area contributed by atoms with Crippen LogP contribution in [0.5, 0.6) is 5.75 Å². The van der Waals surface area contributed by atoms with Crippen LogP contribution in [-0.2, 0) is 16.6 Å². The second kappa shape index (κ2) is 6.57. The number of carbonyl (C=O) groups is 1. The molecule has 1 N–H and O–H groups in total. The van der Waals surface area contributed by atoms with Crippen LogP contribution in [0.4, 0.5) is 0 Å². The summed E-state index contributed by atoms with van der Waals surface area (Å²) in [6.45, 7) is 3.22. The van der Waals surface area contributed by atoms with Crippen LogP contribution < -0.4 is 0 Å². The lowest BCUT2D eigenvalue weighted by Crippen LogP contribution is -2.67. The molecule has 0 saturated carbocycles. The number of likely N-dealkylation sites (tertiary alicyclic amines) is 1. The van der Waals surface area contributed by atoms with Gasteiger partial charge >= 0.3 is 0 Å². The minimum atomic E-state index is -0.183. The molecule has 1 aromatic carbocycles. The lowest BCUT2D eigenvalue weighted by Gasteiger charge is -2.57. The van der Waals surface area contributed by atoms with Gasteiger partial charge in [0.1, 0.15) is 5.75 Å². The van der Waals surface area contributed by atoms with Crippen molar-refractivity contribution in [3.05, 3.63) is 59.6 Å². The van der Waals surface area contributed by atoms with E-state index in [0.717, 1.165) is 24.9 Å². The zero-order valence-electron chi connectivity index (χ0n) is 16.1. The van der Waals surface area contributed by atoms with Gasteiger partial charge in [-0.15, -0.1) is 0 Å². The van der Waals surface area contributed by atoms with E-state index in [1.165, 1.54) is 11.1 Å². The summed E-state index contributed by atoms with van der Waals surface area (Å²) in [5.74, 6) is 0.274. The average molecular weight is 366 g/mol. The molecule has 2 aliphatic rings. The van der Waals surface area contributed by atoms with Gasteiger partial charge in [0, 0.05) is 30.1 Å². The van der Waals surface area contributed by atoms with Crippen molar-refractivity contribution >= 4 is 12.0 Å². The fraction of sp³-hybridized carbons (Fsp3) is 0.409. The fourth-order valence-corrected chi connectivity index (χ4v) is 4.93. The van der Waals surface area contributed by atoms with Crippen LogP contribution in [0.3, 0.4) is 0 Å². The van der Waals surface area contributed by atoms with Gasteiger partial charge in [0.2, 0.25) is 5.91 Å². The topological polar surface area (TPSA) is 56.9 Å². The predicted octanol–water partition coefficient (Wildman–Crippen LogP) is 3.04. The molecule has 3 atom stereocenters. The van der Waals surface area contributed by atoms with Crippen molar-refractivity contribution in [2.45, 2.75) is 37.3 Å². The molecule has 1 aromatic heterocycles. The highest BCUT2D eigenvalue weighted by atomic mass is 16.3. The van der Waals surface area contributed by atoms with Gasteiger partial charge in [0.15, 0.2) is 0 Å². The van der Waals surface area contributed by atoms with E-state index in [1.807, 2.05) is 30.1 Å². The number of benzene rings is 1. The summed E-state index contributed by atoms with van der Waals surface area (Å²) in [5, 5.41) is 10.1. The number of carbonyl (C=O) groups excluding carboxylic acids is 1. The first kappa shape index (κ1) is 17.9. The molecule has 5 nitrogen and oxygen atoms in total. The number of likely N-dealkylation sites (N-methyl/N-ethyl adjacent to an activating group) is 2. The minimum absolute atomic E-state index is 0.0173. The second-order valence-corrected chi connectivity index (χ2v) is 8.04. The third-order valence-electron chi connectivity index (χ3n) is 6.43. The monoisotopic (exact) mass is 366 g/mol. The van der Waals surface area contributed by atoms with Gasteiger partial charge in [-0.1, -0.05) is 13.0 Å². The zero-order chi connectivity index (χ0) is 19.2. The molecule has 0 radical (unpaired) electrons. The first-order chi connectivity index (χ1) is 12.9. The van der Waals surface area contributed by atoms with E-state index >= 15 is 0 Å². The van der Waals surface area contributed by atoms with Gasteiger partial charge in [-0.2, -0.15) is 0 Å². The van der Waals surface area contributed by atoms with Crippen molar-refractivity contribution in [2.75, 3.05) is 20.6 Å². The van der Waals surface area contributed by atoms with E-state index in [9.17, 15) is 9.90 Å². The van der Waals surface area contributed by atoms with Crippen LogP contribution >= 0.6 is 0 Å². The molecular weight excluding hydrogens is 340 g/mol. The Labute approximate surface area is 159 Å². The lowest BCUT2D eigenvalue weighted by atomic mass is 9.61. The van der Waals surface area contributed by atoms with Crippen LogP contribution in [0.2, 0.25) is 0 Å². The summed E-state index contributed by atoms with van der Waals surface area (Å²) in [7, 11) is 4.03. The maximum atomic E-state index is 12.9. The summed E-state index contributed by atoms with van der Waals surface area (Å²) < 4.78 is 5.06. The van der Waals surface area contributed by atoms with Gasteiger partial charge in [0.25, 0.3) is 0 Å². The number of hydrogen-bond donors (Lipinski definition) is 1. The van der Waals surface area contributed by atoms with Gasteiger partial charge in [-0.05, 0) is 61.8 Å². The van der Waals surface area contributed by atoms with E-state index in [0.29, 0.717) is 5.75 Å². The molecule has 1 aliphatic heterocycles. The highest BCUT2D eigenvalue weighted by Crippen LogP contribution is 2.47. The van der Waals surface area contributed by atoms with Crippen molar-refractivity contribution < 1.29 is 14.3 Å². The SMILES string of the molecule is CN1CC[C@]2(C)c3cc(O)ccc3CC1[C@@H]2N(C)C(=O)C=Cc1ccoc1. The number of rotatable bonds is 3. The van der Waals surface area contributed by atoms with Crippen LogP contribution in [0, 0.1) is 0 Å². The van der Waals surface area contributed by atoms with Crippen LogP contribution in [0.25, 0.3) is 6.08 Å². The molecule has 0 spiro atoms. The van der Waals surface area contributed by atoms with E-state index in [2.05, 4.69) is 18.9 Å². The average Bonchev–Trinajstić information content (AvgIpc) is 3.17. The Bertz CT molecular complexity index is 874. The number of furan rings is 1. The zero-order valence-corrected chi connectivity index (χ0v) is 16.1. The minimum Gasteiger partial charge on any atom is -0.508 e. The Kier molecular flexibility index (Phi) is 4.35. The quantitative estimate of drug-likeness (QED) is 0.849. The van der Waals surface area contributed by atoms with Crippen molar-refractivity contribution in [1.29, 1.82) is 0 Å². The highest BCUT2D eigenvalue weighted by Gasteiger charge is 2.52. The molecular formula is C22H26N2O3. The number of fused-ring (bicyclic) bond motifs is 4. The van der Waals surface area contributed by atoms with Crippen LogP contribution in [0.1, 0.15) is 30.0 Å². The molecule has 27 heavy (non-hydrogen) atoms. The van der Waals surface area contributed by atoms with Gasteiger partial charge in [-0.25, -0.2) is 0 Å². The summed E-state index contributed by atoms with van der Waals surface area (Å²) >= 11 is 0. The Balaban J connectivity index is 1.69. The molecule has 142 valence electrons. The Morgan fingerprint density at radius 1 is 1.41 bits per heavy atom. The van der Waals surface area contributed by atoms with Gasteiger partial charge in [0.05, 0.1) is 18.6 Å². The van der Waals surface area contributed by atoms with E-state index < -0.39 is 0 Å². The first-order valence-corrected chi connectivity index (χ1v) is 9.40. The Morgan fingerprint density at radius 2 is 2.22 bits per heavy atom. The predicted molar refractivity (Wildman–Crippen MR) is 104 cm³/mol. The number of phenols is 1. The van der Waals surface area contributed by atoms with Crippen molar-refractivity contribution in [3.63, 3.8) is 0 Å². The molecule has 4 rings (SSSR count). The highest BCUT2D eigenvalue weighted by molar-refractivity contribution is 5.92. The smallest absolute Gasteiger partial charge is 0.246 e. The third kappa shape index (κ3) is 2.96. The number of aromatic hydroxyl groups is 1. The maximum Gasteiger partial charge on any atom is 0.246 e. The van der Waals surface area contributed by atoms with Gasteiger partial charge in [-0.3, -0.25) is 4.79 Å². The summed E-state index contributed by atoms with van der Waals surface area (Å²) in [6, 6.07) is 7.83. The van der Waals surface area contributed by atoms with Crippen LogP contribution in [-0.4, -0.2) is 53.5 Å². The standard InChI is InChI=1S/C22H26N2O3/c1-22-9-10-23(2)19(12-16-5-6-17(25)13-18(16)22)21(22)24(3)20(26)7-4-15-8-11-27-14-15/h4-8,11,13-14,19,21,25H,9-10,12H2,1-3H3/t19?,21-,22+/m0/s1. The summed E-state index contributed by atoms with van der Waals surface area (Å²) in [6.07, 6.45) is 8.44. The molecule has 2 aromatic rings. The first-order valence-electron chi connectivity index (χ1n) is 9.40. The summed E-state index contributed by atoms with van der Waals surface area (Å²) in [5.41, 5.74) is 3.14. The number of nitrogens with zero attached hydrogens (tertiary/aromatic N) is 2. The fourth-order valence-electron chi connectivity index (χ4n) is 4.93. The van der Waals surface area contributed by atoms with E-state index in [1.54, 1.807) is 30.7 Å². The maximum absolute atomic E-state index is 12.9. The number of amides is 1. The molecule has 1 fully saturated rings. The molecule has 5 heteroatoms. The molecule has 2 bridgehead atoms. The van der Waals surface area contributed by atoms with Crippen molar-refractivity contribution in [1.82, 2.24) is 9.80 Å². The third-order valence-corrected chi connectivity index (χ3v) is 6.43. The van der Waals surface area contributed by atoms with E-state index in [4.69, 9.17) is 4.42 Å².